The minimum Gasteiger partial charge on any atom is -0.487 e. The number of aromatic carboxylic acids is 1. The standard InChI is InChI=1S/C53H80N6O36/c60-10-23-29(62)35(68)43(76)50(90-23)86-16-27-33(66)39(72)45(78)52(94-27)88-14-25-31(64)37(70)41(74)48(92-25)82-3-1-58-8-19(54-56-58)12-84-21-5-18(47(80)81)6-22(7-21)85-13-20-9-59(57-55-20)2-4-83-49-42(75)38(71)32(65)26(93-49)15-89-53-46(79)40(73)34(67)28(95-53)17-87-51-44(77)36(69)30(63)24(11-61)91-51/h5-9,23-46,48-53,60-79H,1-4,10-17H2,(H,80,81)/t23-,24-,25-,26-,27-,28-,29-,30-,31-,32-,33-,34-,35+,36+,37+,38+,39+,40+,41-,42-,43-,44-,45-,46-,48-,49-,50-,51-,52-,53-/m1/s1. The van der Waals surface area contributed by atoms with Gasteiger partial charge in [0.05, 0.1) is 83.9 Å². The number of hydrogen-bond donors (Lipinski definition) is 21. The first kappa shape index (κ1) is 74.5. The number of rotatable bonds is 29. The van der Waals surface area contributed by atoms with E-state index in [0.29, 0.717) is 0 Å². The van der Waals surface area contributed by atoms with E-state index in [1.807, 2.05) is 0 Å². The van der Waals surface area contributed by atoms with Crippen molar-refractivity contribution < 1.29 is 178 Å². The van der Waals surface area contributed by atoms with Crippen LogP contribution in [-0.2, 0) is 83.1 Å². The van der Waals surface area contributed by atoms with Gasteiger partial charge in [0.15, 0.2) is 37.7 Å². The first-order valence-corrected chi connectivity index (χ1v) is 29.8. The van der Waals surface area contributed by atoms with E-state index in [-0.39, 0.29) is 68.0 Å². The molecule has 6 fully saturated rings. The molecule has 0 spiro atoms. The molecule has 21 N–H and O–H groups in total. The van der Waals surface area contributed by atoms with Crippen LogP contribution < -0.4 is 9.47 Å². The second-order valence-electron chi connectivity index (χ2n) is 23.0. The van der Waals surface area contributed by atoms with Crippen LogP contribution in [0, 0.1) is 0 Å². The Morgan fingerprint density at radius 2 is 0.632 bits per heavy atom. The SMILES string of the molecule is O=C(O)c1cc(OCc2cn(CCO[C@@H]3O[C@H](CO[C@@H]4O[C@H](CO[C@@H]5O[C@H](CO)[C@@H](O)[C@H](O)[C@H]5O)[C@@H](O)[C@H](O)[C@H]4O)[C@@H](O)[C@H](O)[C@H]3O)nn2)cc(OCc2cn(CCO[C@@H]3O[C@H](CO[C@@H]4O[C@H](CO[C@@H]5O[C@H](CO)[C@@H](O)[C@H](O)[C@H]5O)[C@@H](O)[C@H](O)[C@H]4O)[C@@H](O)[C@H](O)[C@H]3O)nn2)c1. The number of nitrogens with zero attached hydrogens (tertiary/aromatic N) is 6. The van der Waals surface area contributed by atoms with Gasteiger partial charge < -0.3 is 174 Å². The third-order valence-electron chi connectivity index (χ3n) is 16.3. The predicted molar refractivity (Wildman–Crippen MR) is 292 cm³/mol. The van der Waals surface area contributed by atoms with Crippen LogP contribution >= 0.6 is 0 Å². The van der Waals surface area contributed by atoms with Crippen molar-refractivity contribution in [3.63, 3.8) is 0 Å². The fourth-order valence-electron chi connectivity index (χ4n) is 10.7. The molecule has 6 aliphatic rings. The smallest absolute Gasteiger partial charge is 0.335 e. The Kier molecular flexibility index (Phi) is 26.2. The summed E-state index contributed by atoms with van der Waals surface area (Å²) in [6, 6.07) is 3.85. The zero-order chi connectivity index (χ0) is 68.7. The van der Waals surface area contributed by atoms with Crippen molar-refractivity contribution in [3.8, 4) is 11.5 Å². The van der Waals surface area contributed by atoms with E-state index in [1.165, 1.54) is 40.0 Å². The van der Waals surface area contributed by atoms with E-state index in [1.54, 1.807) is 0 Å². The number of ether oxygens (including phenoxy) is 14. The molecule has 0 saturated carbocycles. The van der Waals surface area contributed by atoms with Crippen LogP contribution in [0.15, 0.2) is 30.6 Å². The van der Waals surface area contributed by atoms with Gasteiger partial charge in [0.2, 0.25) is 0 Å². The highest BCUT2D eigenvalue weighted by Crippen LogP contribution is 2.32. The summed E-state index contributed by atoms with van der Waals surface area (Å²) in [5.41, 5.74) is 0.295. The van der Waals surface area contributed by atoms with Crippen LogP contribution in [0.25, 0.3) is 0 Å². The van der Waals surface area contributed by atoms with Crippen molar-refractivity contribution in [2.24, 2.45) is 0 Å². The average molecular weight is 1380 g/mol. The van der Waals surface area contributed by atoms with Gasteiger partial charge in [-0.3, -0.25) is 0 Å². The summed E-state index contributed by atoms with van der Waals surface area (Å²) in [6.07, 6.45) is -48.1. The summed E-state index contributed by atoms with van der Waals surface area (Å²) in [5.74, 6) is -1.23. The second kappa shape index (κ2) is 33.4. The number of aromatic nitrogens is 6. The minimum atomic E-state index is -1.90. The topological polar surface area (TPSA) is 633 Å². The molecule has 0 radical (unpaired) electrons. The lowest BCUT2D eigenvalue weighted by atomic mass is 9.98. The lowest BCUT2D eigenvalue weighted by Crippen LogP contribution is -2.62. The van der Waals surface area contributed by atoms with Gasteiger partial charge >= 0.3 is 5.97 Å². The van der Waals surface area contributed by atoms with Crippen LogP contribution in [0.5, 0.6) is 11.5 Å². The molecule has 2 aromatic heterocycles. The summed E-state index contributed by atoms with van der Waals surface area (Å²) in [5, 5.41) is 233. The molecule has 1 aromatic carbocycles. The van der Waals surface area contributed by atoms with Gasteiger partial charge in [-0.15, -0.1) is 10.2 Å². The van der Waals surface area contributed by atoms with Crippen molar-refractivity contribution in [1.29, 1.82) is 0 Å². The quantitative estimate of drug-likeness (QED) is 0.0307. The van der Waals surface area contributed by atoms with Crippen molar-refractivity contribution in [3.05, 3.63) is 47.5 Å². The van der Waals surface area contributed by atoms with Crippen LogP contribution in [0.3, 0.4) is 0 Å². The zero-order valence-electron chi connectivity index (χ0n) is 49.9. The lowest BCUT2D eigenvalue weighted by Gasteiger charge is -2.43. The molecular formula is C53H80N6O36. The number of carboxylic acids is 1. The summed E-state index contributed by atoms with van der Waals surface area (Å²) >= 11 is 0. The van der Waals surface area contributed by atoms with Crippen molar-refractivity contribution in [2.75, 3.05) is 52.9 Å². The molecule has 0 bridgehead atoms. The van der Waals surface area contributed by atoms with Gasteiger partial charge in [-0.2, -0.15) is 0 Å². The molecular weight excluding hydrogens is 1300 g/mol. The number of carbonyl (C=O) groups is 1. The first-order chi connectivity index (χ1) is 45.3. The van der Waals surface area contributed by atoms with E-state index in [2.05, 4.69) is 20.6 Å². The number of carboxylic acid groups (broad SMARTS) is 1. The van der Waals surface area contributed by atoms with Crippen LogP contribution in [0.4, 0.5) is 0 Å². The average Bonchev–Trinajstić information content (AvgIpc) is 1.87. The van der Waals surface area contributed by atoms with E-state index in [4.69, 9.17) is 66.3 Å². The molecule has 3 aromatic rings. The number of benzene rings is 1. The Hall–Kier alpha value is -4.71. The fraction of sp³-hybridized carbons (Fsp3) is 0.792. The summed E-state index contributed by atoms with van der Waals surface area (Å²) in [4.78, 5) is 12.1. The number of hydrogen-bond acceptors (Lipinski definition) is 39. The number of aliphatic hydroxyl groups is 20. The van der Waals surface area contributed by atoms with Crippen molar-refractivity contribution >= 4 is 5.97 Å². The van der Waals surface area contributed by atoms with E-state index < -0.39 is 230 Å². The maximum atomic E-state index is 12.1. The van der Waals surface area contributed by atoms with Gasteiger partial charge in [-0.05, 0) is 12.1 Å². The molecule has 6 aliphatic heterocycles. The Bertz CT molecular complexity index is 2680. The van der Waals surface area contributed by atoms with Crippen LogP contribution in [0.1, 0.15) is 21.7 Å². The maximum absolute atomic E-state index is 12.1. The third kappa shape index (κ3) is 17.8. The molecule has 0 unspecified atom stereocenters. The summed E-state index contributed by atoms with van der Waals surface area (Å²) in [7, 11) is 0. The minimum absolute atomic E-state index is 0.0290. The number of aliphatic hydroxyl groups excluding tert-OH is 20. The molecule has 0 aliphatic carbocycles. The lowest BCUT2D eigenvalue weighted by molar-refractivity contribution is -0.342. The van der Waals surface area contributed by atoms with Gasteiger partial charge in [0.1, 0.15) is 183 Å². The first-order valence-electron chi connectivity index (χ1n) is 29.8. The highest BCUT2D eigenvalue weighted by atomic mass is 16.8. The molecule has 95 heavy (non-hydrogen) atoms. The molecule has 42 nitrogen and oxygen atoms in total. The Labute approximate surface area is 535 Å². The van der Waals surface area contributed by atoms with Crippen molar-refractivity contribution in [2.45, 2.75) is 211 Å². The molecule has 8 heterocycles. The Balaban J connectivity index is 0.695. The summed E-state index contributed by atoms with van der Waals surface area (Å²) in [6.45, 7) is -5.12. The van der Waals surface area contributed by atoms with Crippen molar-refractivity contribution in [1.82, 2.24) is 30.0 Å². The monoisotopic (exact) mass is 1380 g/mol. The normalized spacial score (nSPS) is 41.0. The second-order valence-corrected chi connectivity index (χ2v) is 23.0. The maximum Gasteiger partial charge on any atom is 0.335 e. The Morgan fingerprint density at radius 1 is 0.368 bits per heavy atom. The van der Waals surface area contributed by atoms with Gasteiger partial charge in [-0.25, -0.2) is 14.2 Å². The highest BCUT2D eigenvalue weighted by molar-refractivity contribution is 5.88. The molecule has 42 heteroatoms. The van der Waals surface area contributed by atoms with E-state index in [0.717, 1.165) is 0 Å². The van der Waals surface area contributed by atoms with Crippen LogP contribution in [-0.4, -0.2) is 380 Å². The van der Waals surface area contributed by atoms with E-state index in [9.17, 15) is 112 Å². The predicted octanol–water partition coefficient (Wildman–Crippen LogP) is -13.3. The largest absolute Gasteiger partial charge is 0.487 e. The van der Waals surface area contributed by atoms with Crippen LogP contribution in [0.2, 0.25) is 0 Å². The highest BCUT2D eigenvalue weighted by Gasteiger charge is 2.52. The van der Waals surface area contributed by atoms with Gasteiger partial charge in [0, 0.05) is 6.07 Å². The molecule has 30 atom stereocenters. The molecule has 6 saturated heterocycles. The third-order valence-corrected chi connectivity index (χ3v) is 16.3. The zero-order valence-corrected chi connectivity index (χ0v) is 49.9. The van der Waals surface area contributed by atoms with E-state index >= 15 is 0 Å². The Morgan fingerprint density at radius 3 is 0.905 bits per heavy atom. The van der Waals surface area contributed by atoms with Gasteiger partial charge in [0.25, 0.3) is 0 Å². The fourth-order valence-corrected chi connectivity index (χ4v) is 10.7. The molecule has 0 amide bonds. The molecule has 538 valence electrons. The molecule has 9 rings (SSSR count). The summed E-state index contributed by atoms with van der Waals surface area (Å²) < 4.78 is 80.7. The van der Waals surface area contributed by atoms with Gasteiger partial charge in [-0.1, -0.05) is 10.4 Å².